The third-order valence-corrected chi connectivity index (χ3v) is 0. The fourth-order valence-electron chi connectivity index (χ4n) is 0. The van der Waals surface area contributed by atoms with Gasteiger partial charge in [0.25, 0.3) is 0 Å². The summed E-state index contributed by atoms with van der Waals surface area (Å²) in [7, 11) is 4.17. The van der Waals surface area contributed by atoms with Crippen LogP contribution in [0.25, 0.3) is 0 Å². The summed E-state index contributed by atoms with van der Waals surface area (Å²) in [6, 6.07) is 0. The van der Waals surface area contributed by atoms with Crippen molar-refractivity contribution in [3.63, 3.8) is 0 Å². The van der Waals surface area contributed by atoms with Gasteiger partial charge in [0, 0.05) is 42.1 Å². The topological polar surface area (TPSA) is 0 Å². The quantitative estimate of drug-likeness (QED) is 0.404. The second-order valence-corrected chi connectivity index (χ2v) is 0. The van der Waals surface area contributed by atoms with Gasteiger partial charge in [-0.25, -0.2) is 0 Å². The van der Waals surface area contributed by atoms with Gasteiger partial charge in [0.15, 0.2) is 0 Å². The molecule has 0 unspecified atom stereocenters. The van der Waals surface area contributed by atoms with Gasteiger partial charge in [-0.2, -0.15) is 0 Å². The van der Waals surface area contributed by atoms with E-state index in [1.165, 1.54) is 18.0 Å². The van der Waals surface area contributed by atoms with Crippen LogP contribution in [0.15, 0.2) is 0 Å². The Morgan fingerprint density at radius 3 is 1.00 bits per heavy atom. The summed E-state index contributed by atoms with van der Waals surface area (Å²) in [4.78, 5) is 0. The molecule has 0 heterocycles. The molecule has 0 N–H and O–H groups in total. The molecule has 0 aromatic carbocycles. The Morgan fingerprint density at radius 1 is 1.00 bits per heavy atom. The minimum Gasteiger partial charge on any atom is 0 e. The van der Waals surface area contributed by atoms with E-state index in [4.69, 9.17) is 0 Å². The fourth-order valence-corrected chi connectivity index (χ4v) is 0. The Balaban J connectivity index is -0.00000000500. The molecule has 0 spiro atoms. The molecular weight excluding hydrogens is 584 g/mol. The first-order valence-corrected chi connectivity index (χ1v) is 4.09. The van der Waals surface area contributed by atoms with Gasteiger partial charge in [0.1, 0.15) is 0 Å². The maximum Gasteiger partial charge on any atom is 0 e. The Labute approximate surface area is 69.0 Å². The van der Waals surface area contributed by atoms with Gasteiger partial charge >= 0.3 is 27.8 Å². The van der Waals surface area contributed by atoms with E-state index in [0.29, 0.717) is 0 Å². The molecule has 4 heavy (non-hydrogen) atoms. The van der Waals surface area contributed by atoms with Gasteiger partial charge in [0.2, 0.25) is 0 Å². The molecule has 0 radical (unpaired) electrons. The monoisotopic (exact) mass is 584 g/mol. The summed E-state index contributed by atoms with van der Waals surface area (Å²) < 4.78 is 0. The predicted molar refractivity (Wildman–Crippen MR) is 7.59 cm³/mol. The minimum atomic E-state index is 0. The van der Waals surface area contributed by atoms with Gasteiger partial charge in [-0.1, -0.05) is 0 Å². The maximum atomic E-state index is 4.17. The molecule has 0 nitrogen and oxygen atoms in total. The van der Waals surface area contributed by atoms with Crippen LogP contribution in [-0.2, 0) is 60.1 Å². The third kappa shape index (κ3) is 8.86. The van der Waals surface area contributed by atoms with Crippen molar-refractivity contribution in [2.24, 2.45) is 0 Å². The van der Waals surface area contributed by atoms with Crippen molar-refractivity contribution < 1.29 is 60.1 Å². The summed E-state index contributed by atoms with van der Waals surface area (Å²) in [5.41, 5.74) is 0. The van der Waals surface area contributed by atoms with Crippen molar-refractivity contribution in [1.82, 2.24) is 0 Å². The van der Waals surface area contributed by atoms with Crippen molar-refractivity contribution in [2.75, 3.05) is 0 Å². The largest absolute Gasteiger partial charge is 0 e. The molecule has 0 aromatic rings. The van der Waals surface area contributed by atoms with Crippen LogP contribution in [0.4, 0.5) is 0 Å². The van der Waals surface area contributed by atoms with Crippen molar-refractivity contribution in [1.29, 1.82) is 0 Å². The van der Waals surface area contributed by atoms with Crippen LogP contribution in [0.5, 0.6) is 0 Å². The van der Waals surface area contributed by atoms with Crippen LogP contribution in [0.3, 0.4) is 0 Å². The van der Waals surface area contributed by atoms with Crippen LogP contribution in [0, 0.1) is 0 Å². The summed E-state index contributed by atoms with van der Waals surface area (Å²) in [6.45, 7) is 0. The maximum absolute atomic E-state index is 4.17. The van der Waals surface area contributed by atoms with Crippen molar-refractivity contribution in [2.45, 2.75) is 0 Å². The summed E-state index contributed by atoms with van der Waals surface area (Å²) >= 11 is 1.17. The van der Waals surface area contributed by atoms with Crippen molar-refractivity contribution in [3.05, 3.63) is 0 Å². The van der Waals surface area contributed by atoms with Crippen molar-refractivity contribution >= 4 is 9.82 Å². The minimum absolute atomic E-state index is 0. The molecular formula is SW3. The van der Waals surface area contributed by atoms with E-state index in [-0.39, 0.29) is 42.1 Å². The SMILES string of the molecule is [S]=[W].[W].[W]. The predicted octanol–water partition coefficient (Wildman–Crippen LogP) is 0.641. The molecule has 0 saturated heterocycles. The van der Waals surface area contributed by atoms with E-state index in [2.05, 4.69) is 9.82 Å². The molecule has 0 bridgehead atoms. The van der Waals surface area contributed by atoms with Gasteiger partial charge in [-0.3, -0.25) is 0 Å². The molecule has 0 amide bonds. The smallest absolute Gasteiger partial charge is 0 e. The Bertz CT molecular complexity index is 3.25. The second-order valence-electron chi connectivity index (χ2n) is 0. The van der Waals surface area contributed by atoms with E-state index in [1.807, 2.05) is 0 Å². The molecule has 0 aliphatic heterocycles. The molecule has 0 rings (SSSR count). The molecule has 0 aliphatic carbocycles. The summed E-state index contributed by atoms with van der Waals surface area (Å²) in [5, 5.41) is 0. The standard InChI is InChI=1S/S.3W. The molecule has 0 aromatic heterocycles. The van der Waals surface area contributed by atoms with Crippen LogP contribution in [0.2, 0.25) is 0 Å². The van der Waals surface area contributed by atoms with E-state index in [9.17, 15) is 0 Å². The van der Waals surface area contributed by atoms with Crippen molar-refractivity contribution in [3.8, 4) is 0 Å². The molecule has 0 aliphatic rings. The first-order chi connectivity index (χ1) is 1.00. The van der Waals surface area contributed by atoms with E-state index >= 15 is 0 Å². The number of rotatable bonds is 0. The van der Waals surface area contributed by atoms with Gasteiger partial charge in [-0.05, 0) is 0 Å². The summed E-state index contributed by atoms with van der Waals surface area (Å²) in [5.74, 6) is 0. The van der Waals surface area contributed by atoms with Crippen LogP contribution in [0.1, 0.15) is 0 Å². The van der Waals surface area contributed by atoms with E-state index < -0.39 is 0 Å². The Morgan fingerprint density at radius 2 is 1.00 bits per heavy atom. The third-order valence-electron chi connectivity index (χ3n) is 0. The van der Waals surface area contributed by atoms with Crippen LogP contribution in [-0.4, -0.2) is 0 Å². The number of hydrogen-bond donors (Lipinski definition) is 0. The van der Waals surface area contributed by atoms with Crippen LogP contribution < -0.4 is 0 Å². The zero-order valence-electron chi connectivity index (χ0n) is 1.63. The van der Waals surface area contributed by atoms with E-state index in [1.54, 1.807) is 0 Å². The molecule has 4 heteroatoms. The second kappa shape index (κ2) is 18.6. The van der Waals surface area contributed by atoms with Gasteiger partial charge in [0.05, 0.1) is 0 Å². The fraction of sp³-hybridized carbons (Fsp3) is 0. The normalized spacial score (nSPS) is 1.00. The summed E-state index contributed by atoms with van der Waals surface area (Å²) in [6.07, 6.45) is 0. The zero-order valence-corrected chi connectivity index (χ0v) is 11.2. The Kier molecular flexibility index (Phi) is 75.6. The van der Waals surface area contributed by atoms with Crippen LogP contribution >= 0.6 is 9.82 Å². The molecule has 24 valence electrons. The average molecular weight is 584 g/mol. The van der Waals surface area contributed by atoms with E-state index in [0.717, 1.165) is 0 Å². The van der Waals surface area contributed by atoms with Gasteiger partial charge < -0.3 is 0 Å². The molecule has 0 saturated carbocycles. The zero-order chi connectivity index (χ0) is 2.00. The number of hydrogen-bond acceptors (Lipinski definition) is 1. The molecule has 0 fully saturated rings. The first-order valence-electron chi connectivity index (χ1n) is 0.167. The van der Waals surface area contributed by atoms with Gasteiger partial charge in [-0.15, -0.1) is 0 Å². The first kappa shape index (κ1) is 16.3. The molecule has 0 atom stereocenters. The average Bonchev–Trinajstić information content (AvgIpc) is 1.00. The Hall–Kier alpha value is 2.28.